The lowest BCUT2D eigenvalue weighted by Crippen LogP contribution is -2.28. The van der Waals surface area contributed by atoms with Gasteiger partial charge in [-0.05, 0) is 6.42 Å². The van der Waals surface area contributed by atoms with Gasteiger partial charge in [-0.1, -0.05) is 29.4 Å². The maximum absolute atomic E-state index is 10.8. The third-order valence-electron chi connectivity index (χ3n) is 1.56. The van der Waals surface area contributed by atoms with Gasteiger partial charge in [0.25, 0.3) is 10.1 Å². The summed E-state index contributed by atoms with van der Waals surface area (Å²) in [4.78, 5) is 10.2. The van der Waals surface area contributed by atoms with E-state index >= 15 is 0 Å². The van der Waals surface area contributed by atoms with Crippen molar-refractivity contribution < 1.29 is 22.9 Å². The first-order valence-electron chi connectivity index (χ1n) is 3.68. The summed E-state index contributed by atoms with van der Waals surface area (Å²) < 4.78 is 30.4. The molecule has 0 heterocycles. The van der Waals surface area contributed by atoms with Crippen molar-refractivity contribution >= 4 is 32.0 Å². The molecule has 0 fully saturated rings. The predicted molar refractivity (Wildman–Crippen MR) is 55.1 cm³/mol. The summed E-state index contributed by atoms with van der Waals surface area (Å²) in [5.74, 6) is -1.43. The largest absolute Gasteiger partial charge is 0.478 e. The quantitative estimate of drug-likeness (QED) is 0.448. The number of rotatable bonds is 5. The number of carboxylic acids is 1. The Kier molecular flexibility index (Phi) is 4.76. The van der Waals surface area contributed by atoms with Gasteiger partial charge < -0.3 is 5.11 Å². The fourth-order valence-corrected chi connectivity index (χ4v) is 2.49. The summed E-state index contributed by atoms with van der Waals surface area (Å²) in [5, 5.41) is 7.07. The number of hydrogen-bond acceptors (Lipinski definition) is 3. The van der Waals surface area contributed by atoms with Crippen LogP contribution in [0.5, 0.6) is 0 Å². The highest BCUT2D eigenvalue weighted by Gasteiger charge is 2.30. The van der Waals surface area contributed by atoms with Crippen molar-refractivity contribution in [3.63, 3.8) is 0 Å². The first-order valence-corrected chi connectivity index (χ1v) is 6.10. The van der Waals surface area contributed by atoms with Crippen LogP contribution in [0.2, 0.25) is 0 Å². The molecule has 0 spiro atoms. The fraction of sp³-hybridized carbons (Fsp3) is 0.571. The molecule has 0 aromatic rings. The molecule has 0 aromatic carbocycles. The van der Waals surface area contributed by atoms with Crippen molar-refractivity contribution in [2.75, 3.05) is 0 Å². The van der Waals surface area contributed by atoms with Gasteiger partial charge in [0, 0.05) is 4.83 Å². The molecule has 5 nitrogen and oxygen atoms in total. The van der Waals surface area contributed by atoms with E-state index in [2.05, 4.69) is 22.5 Å². The molecule has 7 heteroatoms. The molecule has 0 aliphatic rings. The van der Waals surface area contributed by atoms with Gasteiger partial charge >= 0.3 is 5.97 Å². The van der Waals surface area contributed by atoms with E-state index < -0.39 is 26.9 Å². The summed E-state index contributed by atoms with van der Waals surface area (Å²) in [6.07, 6.45) is -0.0377. The van der Waals surface area contributed by atoms with Crippen LogP contribution in [-0.4, -0.2) is 34.1 Å². The Morgan fingerprint density at radius 1 is 1.57 bits per heavy atom. The predicted octanol–water partition coefficient (Wildman–Crippen LogP) is 1.06. The minimum Gasteiger partial charge on any atom is -0.478 e. The highest BCUT2D eigenvalue weighted by atomic mass is 79.9. The third kappa shape index (κ3) is 4.21. The summed E-state index contributed by atoms with van der Waals surface area (Å²) in [6.45, 7) is 4.76. The van der Waals surface area contributed by atoms with Crippen LogP contribution in [0.15, 0.2) is 12.2 Å². The van der Waals surface area contributed by atoms with Gasteiger partial charge in [-0.15, -0.1) is 0 Å². The average molecular weight is 287 g/mol. The molecular weight excluding hydrogens is 276 g/mol. The van der Waals surface area contributed by atoms with Crippen molar-refractivity contribution in [1.82, 2.24) is 0 Å². The maximum atomic E-state index is 10.8. The molecule has 2 unspecified atom stereocenters. The summed E-state index contributed by atoms with van der Waals surface area (Å²) >= 11 is 3.08. The smallest absolute Gasteiger partial charge is 0.332 e. The van der Waals surface area contributed by atoms with Gasteiger partial charge in [-0.2, -0.15) is 8.42 Å². The SMILES string of the molecule is C=C(C(=O)O)C(CC(C)Br)S(=O)(=O)O. The first-order chi connectivity index (χ1) is 6.16. The maximum Gasteiger partial charge on any atom is 0.332 e. The number of aliphatic carboxylic acids is 1. The zero-order valence-corrected chi connectivity index (χ0v) is 9.88. The van der Waals surface area contributed by atoms with Crippen molar-refractivity contribution in [3.05, 3.63) is 12.2 Å². The van der Waals surface area contributed by atoms with E-state index in [1.807, 2.05) is 0 Å². The second-order valence-corrected chi connectivity index (χ2v) is 6.01. The van der Waals surface area contributed by atoms with E-state index in [1.165, 1.54) is 0 Å². The summed E-state index contributed by atoms with van der Waals surface area (Å²) in [7, 11) is -4.41. The molecule has 0 amide bonds. The molecule has 0 rings (SSSR count). The molecule has 0 radical (unpaired) electrons. The molecule has 0 aromatic heterocycles. The highest BCUT2D eigenvalue weighted by Crippen LogP contribution is 2.19. The van der Waals surface area contributed by atoms with Crippen molar-refractivity contribution in [1.29, 1.82) is 0 Å². The summed E-state index contributed by atoms with van der Waals surface area (Å²) in [6, 6.07) is 0. The number of halogens is 1. The molecule has 82 valence electrons. The van der Waals surface area contributed by atoms with E-state index in [0.717, 1.165) is 0 Å². The third-order valence-corrected chi connectivity index (χ3v) is 3.13. The van der Waals surface area contributed by atoms with Crippen LogP contribution in [0.25, 0.3) is 0 Å². The van der Waals surface area contributed by atoms with Crippen LogP contribution in [-0.2, 0) is 14.9 Å². The second kappa shape index (κ2) is 4.90. The van der Waals surface area contributed by atoms with Gasteiger partial charge in [0.15, 0.2) is 0 Å². The van der Waals surface area contributed by atoms with Crippen LogP contribution in [0.4, 0.5) is 0 Å². The van der Waals surface area contributed by atoms with E-state index in [4.69, 9.17) is 9.66 Å². The van der Waals surface area contributed by atoms with Crippen LogP contribution in [0, 0.1) is 0 Å². The van der Waals surface area contributed by atoms with E-state index in [-0.39, 0.29) is 11.2 Å². The molecule has 0 saturated carbocycles. The Labute approximate surface area is 90.7 Å². The average Bonchev–Trinajstić information content (AvgIpc) is 1.96. The van der Waals surface area contributed by atoms with Crippen LogP contribution < -0.4 is 0 Å². The van der Waals surface area contributed by atoms with Gasteiger partial charge in [0.2, 0.25) is 0 Å². The summed E-state index contributed by atoms with van der Waals surface area (Å²) in [5.41, 5.74) is -0.529. The minimum absolute atomic E-state index is 0.0377. The number of hydrogen-bond donors (Lipinski definition) is 2. The topological polar surface area (TPSA) is 91.7 Å². The number of alkyl halides is 1. The van der Waals surface area contributed by atoms with Crippen LogP contribution >= 0.6 is 15.9 Å². The van der Waals surface area contributed by atoms with E-state index in [1.54, 1.807) is 6.92 Å². The van der Waals surface area contributed by atoms with Crippen molar-refractivity contribution in [2.24, 2.45) is 0 Å². The zero-order chi connectivity index (χ0) is 11.5. The van der Waals surface area contributed by atoms with Crippen molar-refractivity contribution in [3.8, 4) is 0 Å². The van der Waals surface area contributed by atoms with Gasteiger partial charge in [-0.25, -0.2) is 4.79 Å². The lowest BCUT2D eigenvalue weighted by Gasteiger charge is -2.14. The lowest BCUT2D eigenvalue weighted by atomic mass is 10.1. The minimum atomic E-state index is -4.41. The second-order valence-electron chi connectivity index (χ2n) is 2.85. The molecule has 0 aliphatic carbocycles. The number of carbonyl (C=O) groups is 1. The lowest BCUT2D eigenvalue weighted by molar-refractivity contribution is -0.132. The Balaban J connectivity index is 4.93. The zero-order valence-electron chi connectivity index (χ0n) is 7.47. The standard InChI is InChI=1S/C7H11BrO5S/c1-4(8)3-6(14(11,12)13)5(2)7(9)10/h4,6H,2-3H2,1H3,(H,9,10)(H,11,12,13). The molecule has 2 atom stereocenters. The monoisotopic (exact) mass is 286 g/mol. The van der Waals surface area contributed by atoms with Crippen LogP contribution in [0.3, 0.4) is 0 Å². The normalized spacial score (nSPS) is 15.9. The van der Waals surface area contributed by atoms with E-state index in [9.17, 15) is 13.2 Å². The van der Waals surface area contributed by atoms with Gasteiger partial charge in [-0.3, -0.25) is 4.55 Å². The Hall–Kier alpha value is -0.400. The molecule has 0 aliphatic heterocycles. The van der Waals surface area contributed by atoms with Gasteiger partial charge in [0.1, 0.15) is 5.25 Å². The fourth-order valence-electron chi connectivity index (χ4n) is 0.876. The van der Waals surface area contributed by atoms with Gasteiger partial charge in [0.05, 0.1) is 5.57 Å². The molecular formula is C7H11BrO5S. The number of carboxylic acid groups (broad SMARTS) is 1. The van der Waals surface area contributed by atoms with Crippen molar-refractivity contribution in [2.45, 2.75) is 23.4 Å². The highest BCUT2D eigenvalue weighted by molar-refractivity contribution is 9.09. The molecule has 0 saturated heterocycles. The Morgan fingerprint density at radius 3 is 2.21 bits per heavy atom. The Morgan fingerprint density at radius 2 is 2.00 bits per heavy atom. The van der Waals surface area contributed by atoms with Crippen LogP contribution in [0.1, 0.15) is 13.3 Å². The van der Waals surface area contributed by atoms with E-state index in [0.29, 0.717) is 0 Å². The molecule has 14 heavy (non-hydrogen) atoms. The molecule has 0 bridgehead atoms. The Bertz CT molecular complexity index is 332. The molecule has 2 N–H and O–H groups in total. The first kappa shape index (κ1) is 13.6.